The Labute approximate surface area is 73.9 Å². The highest BCUT2D eigenvalue weighted by atomic mass is 79.9. The number of hydrogen-bond donors (Lipinski definition) is 1. The predicted molar refractivity (Wildman–Crippen MR) is 47.0 cm³/mol. The van der Waals surface area contributed by atoms with Gasteiger partial charge in [-0.3, -0.25) is 0 Å². The Morgan fingerprint density at radius 2 is 2.27 bits per heavy atom. The highest BCUT2D eigenvalue weighted by molar-refractivity contribution is 9.10. The standard InChI is InChI=1S/C8H9BrO2/c1-2-11-8-5-6(9)3-4-7(8)10/h3-5,10H,2H2,1H3. The first-order valence-corrected chi connectivity index (χ1v) is 4.14. The number of rotatable bonds is 2. The number of phenolic OH excluding ortho intramolecular Hbond substituents is 1. The van der Waals surface area contributed by atoms with Gasteiger partial charge in [0.15, 0.2) is 11.5 Å². The molecule has 0 saturated heterocycles. The molecule has 60 valence electrons. The van der Waals surface area contributed by atoms with Gasteiger partial charge in [0.05, 0.1) is 6.61 Å². The summed E-state index contributed by atoms with van der Waals surface area (Å²) >= 11 is 3.28. The summed E-state index contributed by atoms with van der Waals surface area (Å²) in [6.45, 7) is 2.43. The first kappa shape index (κ1) is 8.40. The molecule has 0 heterocycles. The molecule has 0 aliphatic heterocycles. The van der Waals surface area contributed by atoms with Crippen LogP contribution < -0.4 is 4.74 Å². The van der Waals surface area contributed by atoms with Crippen LogP contribution in [0.2, 0.25) is 0 Å². The van der Waals surface area contributed by atoms with Crippen molar-refractivity contribution in [1.82, 2.24) is 0 Å². The van der Waals surface area contributed by atoms with Crippen molar-refractivity contribution in [2.45, 2.75) is 6.92 Å². The van der Waals surface area contributed by atoms with Gasteiger partial charge in [0, 0.05) is 4.47 Å². The van der Waals surface area contributed by atoms with Gasteiger partial charge < -0.3 is 9.84 Å². The van der Waals surface area contributed by atoms with Crippen LogP contribution in [0.4, 0.5) is 0 Å². The molecule has 1 aromatic rings. The third-order valence-corrected chi connectivity index (χ3v) is 1.71. The van der Waals surface area contributed by atoms with Crippen molar-refractivity contribution in [3.8, 4) is 11.5 Å². The van der Waals surface area contributed by atoms with E-state index in [9.17, 15) is 5.11 Å². The molecule has 0 spiro atoms. The Morgan fingerprint density at radius 3 is 2.91 bits per heavy atom. The molecule has 11 heavy (non-hydrogen) atoms. The lowest BCUT2D eigenvalue weighted by molar-refractivity contribution is 0.318. The summed E-state index contributed by atoms with van der Waals surface area (Å²) in [7, 11) is 0. The Hall–Kier alpha value is -0.700. The second-order valence-electron chi connectivity index (χ2n) is 2.05. The minimum absolute atomic E-state index is 0.176. The van der Waals surface area contributed by atoms with Gasteiger partial charge >= 0.3 is 0 Å². The molecule has 0 aliphatic carbocycles. The van der Waals surface area contributed by atoms with Crippen LogP contribution in [0.3, 0.4) is 0 Å². The summed E-state index contributed by atoms with van der Waals surface area (Å²) in [5, 5.41) is 9.22. The van der Waals surface area contributed by atoms with Gasteiger partial charge in [-0.05, 0) is 25.1 Å². The third-order valence-electron chi connectivity index (χ3n) is 1.22. The lowest BCUT2D eigenvalue weighted by atomic mass is 10.3. The molecular weight excluding hydrogens is 208 g/mol. The molecular formula is C8H9BrO2. The maximum atomic E-state index is 9.22. The Kier molecular flexibility index (Phi) is 2.76. The molecule has 1 N–H and O–H groups in total. The molecule has 0 bridgehead atoms. The molecule has 0 saturated carbocycles. The lowest BCUT2D eigenvalue weighted by Crippen LogP contribution is -1.91. The lowest BCUT2D eigenvalue weighted by Gasteiger charge is -2.04. The van der Waals surface area contributed by atoms with Crippen LogP contribution in [0.15, 0.2) is 22.7 Å². The maximum absolute atomic E-state index is 9.22. The molecule has 0 atom stereocenters. The fourth-order valence-corrected chi connectivity index (χ4v) is 1.10. The quantitative estimate of drug-likeness (QED) is 0.824. The normalized spacial score (nSPS) is 9.64. The molecule has 1 rings (SSSR count). The highest BCUT2D eigenvalue weighted by Gasteiger charge is 2.00. The van der Waals surface area contributed by atoms with Crippen LogP contribution in [-0.4, -0.2) is 11.7 Å². The summed E-state index contributed by atoms with van der Waals surface area (Å²) in [6.07, 6.45) is 0. The number of benzene rings is 1. The fraction of sp³-hybridized carbons (Fsp3) is 0.250. The van der Waals surface area contributed by atoms with E-state index in [2.05, 4.69) is 15.9 Å². The zero-order valence-electron chi connectivity index (χ0n) is 6.17. The van der Waals surface area contributed by atoms with Crippen molar-refractivity contribution in [2.24, 2.45) is 0 Å². The van der Waals surface area contributed by atoms with Crippen LogP contribution in [0.5, 0.6) is 11.5 Å². The van der Waals surface area contributed by atoms with Crippen molar-refractivity contribution in [3.63, 3.8) is 0 Å². The number of ether oxygens (including phenoxy) is 1. The first-order valence-electron chi connectivity index (χ1n) is 3.35. The molecule has 0 unspecified atom stereocenters. The molecule has 2 nitrogen and oxygen atoms in total. The van der Waals surface area contributed by atoms with E-state index >= 15 is 0 Å². The van der Waals surface area contributed by atoms with Crippen molar-refractivity contribution in [1.29, 1.82) is 0 Å². The Morgan fingerprint density at radius 1 is 1.55 bits per heavy atom. The minimum atomic E-state index is 0.176. The number of aromatic hydroxyl groups is 1. The van der Waals surface area contributed by atoms with E-state index in [1.807, 2.05) is 6.92 Å². The maximum Gasteiger partial charge on any atom is 0.162 e. The topological polar surface area (TPSA) is 29.5 Å². The third kappa shape index (κ3) is 2.12. The number of hydrogen-bond acceptors (Lipinski definition) is 2. The molecule has 0 fully saturated rings. The van der Waals surface area contributed by atoms with Gasteiger partial charge in [0.1, 0.15) is 0 Å². The zero-order chi connectivity index (χ0) is 8.27. The van der Waals surface area contributed by atoms with E-state index in [-0.39, 0.29) is 5.75 Å². The number of halogens is 1. The summed E-state index contributed by atoms with van der Waals surface area (Å²) < 4.78 is 6.04. The predicted octanol–water partition coefficient (Wildman–Crippen LogP) is 2.55. The monoisotopic (exact) mass is 216 g/mol. The molecule has 0 radical (unpaired) electrons. The van der Waals surface area contributed by atoms with Gasteiger partial charge in [0.25, 0.3) is 0 Å². The van der Waals surface area contributed by atoms with Crippen LogP contribution in [0, 0.1) is 0 Å². The van der Waals surface area contributed by atoms with E-state index in [1.165, 1.54) is 0 Å². The van der Waals surface area contributed by atoms with Crippen LogP contribution in [0.1, 0.15) is 6.92 Å². The Bertz CT molecular complexity index is 248. The van der Waals surface area contributed by atoms with Crippen LogP contribution >= 0.6 is 15.9 Å². The van der Waals surface area contributed by atoms with Gasteiger partial charge in [-0.15, -0.1) is 0 Å². The average molecular weight is 217 g/mol. The van der Waals surface area contributed by atoms with E-state index in [0.717, 1.165) is 4.47 Å². The molecule has 0 amide bonds. The van der Waals surface area contributed by atoms with E-state index in [4.69, 9.17) is 4.74 Å². The van der Waals surface area contributed by atoms with Gasteiger partial charge in [-0.1, -0.05) is 15.9 Å². The molecule has 0 aliphatic rings. The zero-order valence-corrected chi connectivity index (χ0v) is 7.76. The average Bonchev–Trinajstić information content (AvgIpc) is 1.98. The smallest absolute Gasteiger partial charge is 0.162 e. The SMILES string of the molecule is CCOc1cc(Br)ccc1O. The van der Waals surface area contributed by atoms with Crippen LogP contribution in [0.25, 0.3) is 0 Å². The number of phenols is 1. The van der Waals surface area contributed by atoms with E-state index in [1.54, 1.807) is 18.2 Å². The van der Waals surface area contributed by atoms with Gasteiger partial charge in [-0.25, -0.2) is 0 Å². The summed E-state index contributed by atoms with van der Waals surface area (Å²) in [5.41, 5.74) is 0. The van der Waals surface area contributed by atoms with Crippen molar-refractivity contribution < 1.29 is 9.84 Å². The minimum Gasteiger partial charge on any atom is -0.504 e. The highest BCUT2D eigenvalue weighted by Crippen LogP contribution is 2.28. The first-order chi connectivity index (χ1) is 5.24. The summed E-state index contributed by atoms with van der Waals surface area (Å²) in [6, 6.07) is 5.09. The fourth-order valence-electron chi connectivity index (χ4n) is 0.759. The van der Waals surface area contributed by atoms with Crippen molar-refractivity contribution in [2.75, 3.05) is 6.61 Å². The Balaban J connectivity index is 2.93. The molecule has 0 aromatic heterocycles. The summed E-state index contributed by atoms with van der Waals surface area (Å²) in [4.78, 5) is 0. The van der Waals surface area contributed by atoms with Gasteiger partial charge in [0.2, 0.25) is 0 Å². The van der Waals surface area contributed by atoms with Crippen molar-refractivity contribution >= 4 is 15.9 Å². The van der Waals surface area contributed by atoms with Gasteiger partial charge in [-0.2, -0.15) is 0 Å². The van der Waals surface area contributed by atoms with Crippen LogP contribution in [-0.2, 0) is 0 Å². The van der Waals surface area contributed by atoms with E-state index in [0.29, 0.717) is 12.4 Å². The second kappa shape index (κ2) is 3.62. The van der Waals surface area contributed by atoms with E-state index < -0.39 is 0 Å². The largest absolute Gasteiger partial charge is 0.504 e. The molecule has 1 aromatic carbocycles. The molecule has 3 heteroatoms. The summed E-state index contributed by atoms with van der Waals surface area (Å²) in [5.74, 6) is 0.692. The van der Waals surface area contributed by atoms with Crippen molar-refractivity contribution in [3.05, 3.63) is 22.7 Å². The second-order valence-corrected chi connectivity index (χ2v) is 2.96.